The van der Waals surface area contributed by atoms with Crippen LogP contribution < -0.4 is 0 Å². The van der Waals surface area contributed by atoms with Gasteiger partial charge in [0.1, 0.15) is 5.37 Å². The molecule has 1 aromatic rings. The highest BCUT2D eigenvalue weighted by Crippen LogP contribution is 2.21. The van der Waals surface area contributed by atoms with Crippen molar-refractivity contribution >= 4 is 33.5 Å². The van der Waals surface area contributed by atoms with Gasteiger partial charge in [0, 0.05) is 24.3 Å². The normalized spacial score (nSPS) is 19.0. The van der Waals surface area contributed by atoms with Gasteiger partial charge in [-0.3, -0.25) is 4.79 Å². The lowest BCUT2D eigenvalue weighted by atomic mass is 10.1. The van der Waals surface area contributed by atoms with Crippen molar-refractivity contribution in [1.29, 1.82) is 0 Å². The first kappa shape index (κ1) is 16.8. The molecule has 0 aromatic heterocycles. The van der Waals surface area contributed by atoms with Crippen LogP contribution in [-0.2, 0) is 21.1 Å². The van der Waals surface area contributed by atoms with Gasteiger partial charge in [0.05, 0.1) is 12.0 Å². The van der Waals surface area contributed by atoms with Crippen LogP contribution in [0.5, 0.6) is 0 Å². The molecule has 1 atom stereocenters. The Hall–Kier alpha value is -1.54. The van der Waals surface area contributed by atoms with Crippen molar-refractivity contribution in [2.24, 2.45) is 0 Å². The molecular formula is C14H17NO5S2. The van der Waals surface area contributed by atoms with Crippen molar-refractivity contribution in [3.63, 3.8) is 0 Å². The van der Waals surface area contributed by atoms with E-state index in [1.165, 1.54) is 28.8 Å². The van der Waals surface area contributed by atoms with Crippen LogP contribution in [0, 0.1) is 0 Å². The van der Waals surface area contributed by atoms with Crippen molar-refractivity contribution in [2.75, 3.05) is 24.3 Å². The predicted octanol–water partition coefficient (Wildman–Crippen LogP) is 0.873. The van der Waals surface area contributed by atoms with Crippen LogP contribution in [0.15, 0.2) is 24.3 Å². The number of carbonyl (C=O) groups is 2. The second kappa shape index (κ2) is 6.70. The molecule has 1 saturated heterocycles. The molecule has 0 bridgehead atoms. The number of rotatable bonds is 4. The van der Waals surface area contributed by atoms with Gasteiger partial charge in [-0.15, -0.1) is 0 Å². The first-order valence-electron chi connectivity index (χ1n) is 6.67. The lowest BCUT2D eigenvalue weighted by molar-refractivity contribution is -0.130. The molecule has 0 saturated carbocycles. The number of sulfone groups is 1. The van der Waals surface area contributed by atoms with Crippen LogP contribution in [0.3, 0.4) is 0 Å². The zero-order chi connectivity index (χ0) is 16.3. The average Bonchev–Trinajstić information content (AvgIpc) is 2.47. The van der Waals surface area contributed by atoms with E-state index in [0.29, 0.717) is 17.9 Å². The molecule has 1 aromatic carbocycles. The van der Waals surface area contributed by atoms with Gasteiger partial charge in [0.25, 0.3) is 0 Å². The van der Waals surface area contributed by atoms with Crippen LogP contribution in [0.4, 0.5) is 0 Å². The summed E-state index contributed by atoms with van der Waals surface area (Å²) in [6.07, 6.45) is 1.21. The van der Waals surface area contributed by atoms with Crippen molar-refractivity contribution in [3.05, 3.63) is 35.4 Å². The molecule has 1 aliphatic rings. The highest BCUT2D eigenvalue weighted by molar-refractivity contribution is 8.00. The molecule has 8 heteroatoms. The Bertz CT molecular complexity index is 669. The fraction of sp³-hybridized carbons (Fsp3) is 0.429. The number of thioether (sulfide) groups is 1. The molecule has 22 heavy (non-hydrogen) atoms. The molecule has 2 rings (SSSR count). The topological polar surface area (TPSA) is 91.8 Å². The molecule has 1 N–H and O–H groups in total. The maximum absolute atomic E-state index is 12.4. The third-order valence-electron chi connectivity index (χ3n) is 3.46. The van der Waals surface area contributed by atoms with Crippen molar-refractivity contribution in [3.8, 4) is 0 Å². The number of amides is 1. The van der Waals surface area contributed by atoms with E-state index in [1.54, 1.807) is 12.1 Å². The quantitative estimate of drug-likeness (QED) is 0.872. The number of benzene rings is 1. The molecule has 0 spiro atoms. The number of hydrogen-bond donors (Lipinski definition) is 1. The summed E-state index contributed by atoms with van der Waals surface area (Å²) in [4.78, 5) is 24.6. The molecule has 0 radical (unpaired) electrons. The number of nitrogens with zero attached hydrogens (tertiary/aromatic N) is 1. The van der Waals surface area contributed by atoms with E-state index in [9.17, 15) is 18.0 Å². The Labute approximate surface area is 133 Å². The van der Waals surface area contributed by atoms with E-state index in [1.807, 2.05) is 0 Å². The smallest absolute Gasteiger partial charge is 0.335 e. The summed E-state index contributed by atoms with van der Waals surface area (Å²) in [5.74, 6) is -0.167. The maximum atomic E-state index is 12.4. The summed E-state index contributed by atoms with van der Waals surface area (Å²) >= 11 is 1.52. The van der Waals surface area contributed by atoms with Gasteiger partial charge in [-0.25, -0.2) is 13.2 Å². The molecule has 1 unspecified atom stereocenters. The van der Waals surface area contributed by atoms with E-state index in [2.05, 4.69) is 0 Å². The third-order valence-corrected chi connectivity index (χ3v) is 6.10. The fourth-order valence-electron chi connectivity index (χ4n) is 2.26. The van der Waals surface area contributed by atoms with Gasteiger partial charge < -0.3 is 10.0 Å². The van der Waals surface area contributed by atoms with E-state index in [4.69, 9.17) is 5.11 Å². The lowest BCUT2D eigenvalue weighted by Crippen LogP contribution is -2.50. The van der Waals surface area contributed by atoms with Crippen LogP contribution in [0.1, 0.15) is 15.9 Å². The van der Waals surface area contributed by atoms with Gasteiger partial charge in [0.15, 0.2) is 9.84 Å². The minimum Gasteiger partial charge on any atom is -0.478 e. The number of carbonyl (C=O) groups excluding carboxylic acids is 1. The molecule has 1 heterocycles. The summed E-state index contributed by atoms with van der Waals surface area (Å²) in [5.41, 5.74) is 0.820. The Morgan fingerprint density at radius 1 is 1.32 bits per heavy atom. The second-order valence-corrected chi connectivity index (χ2v) is 8.48. The minimum absolute atomic E-state index is 0.0661. The third kappa shape index (κ3) is 4.01. The standard InChI is InChI=1S/C14H17NO5S2/c1-22(19,20)13-9-21-7-6-15(13)12(16)8-10-2-4-11(5-3-10)14(17)18/h2-5,13H,6-9H2,1H3,(H,17,18). The highest BCUT2D eigenvalue weighted by Gasteiger charge is 2.33. The van der Waals surface area contributed by atoms with E-state index >= 15 is 0 Å². The van der Waals surface area contributed by atoms with E-state index < -0.39 is 21.2 Å². The van der Waals surface area contributed by atoms with Gasteiger partial charge in [0.2, 0.25) is 5.91 Å². The van der Waals surface area contributed by atoms with Crippen LogP contribution in [-0.4, -0.2) is 60.0 Å². The van der Waals surface area contributed by atoms with Crippen LogP contribution in [0.2, 0.25) is 0 Å². The highest BCUT2D eigenvalue weighted by atomic mass is 32.2. The first-order valence-corrected chi connectivity index (χ1v) is 9.78. The summed E-state index contributed by atoms with van der Waals surface area (Å²) in [6.45, 7) is 0.411. The second-order valence-electron chi connectivity index (χ2n) is 5.13. The summed E-state index contributed by atoms with van der Waals surface area (Å²) in [5, 5.41) is 8.06. The number of carboxylic acid groups (broad SMARTS) is 1. The fourth-order valence-corrected chi connectivity index (χ4v) is 5.10. The largest absolute Gasteiger partial charge is 0.478 e. The summed E-state index contributed by atoms with van der Waals surface area (Å²) in [7, 11) is -3.32. The molecule has 1 amide bonds. The Balaban J connectivity index is 2.11. The van der Waals surface area contributed by atoms with E-state index in [-0.39, 0.29) is 17.9 Å². The van der Waals surface area contributed by atoms with Gasteiger partial charge in [-0.2, -0.15) is 11.8 Å². The molecule has 1 aliphatic heterocycles. The molecule has 0 aliphatic carbocycles. The maximum Gasteiger partial charge on any atom is 0.335 e. The monoisotopic (exact) mass is 343 g/mol. The Morgan fingerprint density at radius 2 is 1.95 bits per heavy atom. The SMILES string of the molecule is CS(=O)(=O)C1CSCCN1C(=O)Cc1ccc(C(=O)O)cc1. The van der Waals surface area contributed by atoms with Gasteiger partial charge in [-0.1, -0.05) is 12.1 Å². The Kier molecular flexibility index (Phi) is 5.12. The molecule has 6 nitrogen and oxygen atoms in total. The van der Waals surface area contributed by atoms with E-state index in [0.717, 1.165) is 12.0 Å². The molecule has 120 valence electrons. The first-order chi connectivity index (χ1) is 10.3. The predicted molar refractivity (Wildman–Crippen MR) is 84.8 cm³/mol. The number of carboxylic acids is 1. The summed E-state index contributed by atoms with van der Waals surface area (Å²) in [6, 6.07) is 6.03. The van der Waals surface area contributed by atoms with Gasteiger partial charge >= 0.3 is 5.97 Å². The number of aromatic carboxylic acids is 1. The van der Waals surface area contributed by atoms with Crippen molar-refractivity contribution in [1.82, 2.24) is 4.90 Å². The van der Waals surface area contributed by atoms with Crippen molar-refractivity contribution in [2.45, 2.75) is 11.8 Å². The average molecular weight is 343 g/mol. The summed E-state index contributed by atoms with van der Waals surface area (Å²) < 4.78 is 23.6. The van der Waals surface area contributed by atoms with Crippen LogP contribution in [0.25, 0.3) is 0 Å². The molecular weight excluding hydrogens is 326 g/mol. The Morgan fingerprint density at radius 3 is 2.50 bits per heavy atom. The minimum atomic E-state index is -3.32. The zero-order valence-corrected chi connectivity index (χ0v) is 13.7. The molecule has 1 fully saturated rings. The number of hydrogen-bond acceptors (Lipinski definition) is 5. The van der Waals surface area contributed by atoms with Crippen LogP contribution >= 0.6 is 11.8 Å². The lowest BCUT2D eigenvalue weighted by Gasteiger charge is -2.34. The van der Waals surface area contributed by atoms with Crippen molar-refractivity contribution < 1.29 is 23.1 Å². The zero-order valence-electron chi connectivity index (χ0n) is 12.1. The van der Waals surface area contributed by atoms with Gasteiger partial charge in [-0.05, 0) is 17.7 Å².